The molecule has 0 aromatic heterocycles. The Kier molecular flexibility index (Phi) is 5.36. The third-order valence-electron chi connectivity index (χ3n) is 5.96. The first-order valence-electron chi connectivity index (χ1n) is 8.98. The van der Waals surface area contributed by atoms with Gasteiger partial charge in [-0.2, -0.15) is 0 Å². The Bertz CT molecular complexity index is 614. The first-order chi connectivity index (χ1) is 10.9. The Balaban J connectivity index is 2.21. The van der Waals surface area contributed by atoms with Crippen LogP contribution in [0.2, 0.25) is 18.1 Å². The van der Waals surface area contributed by atoms with Crippen molar-refractivity contribution in [2.24, 2.45) is 0 Å². The van der Waals surface area contributed by atoms with Gasteiger partial charge in [0.25, 0.3) is 0 Å². The lowest BCUT2D eigenvalue weighted by atomic mass is 9.86. The lowest BCUT2D eigenvalue weighted by molar-refractivity contribution is -0.117. The normalized spacial score (nSPS) is 19.2. The quantitative estimate of drug-likeness (QED) is 0.785. The van der Waals surface area contributed by atoms with Crippen LogP contribution in [0.25, 0.3) is 0 Å². The first-order valence-corrected chi connectivity index (χ1v) is 11.9. The van der Waals surface area contributed by atoms with Gasteiger partial charge < -0.3 is 9.33 Å². The molecule has 0 saturated carbocycles. The summed E-state index contributed by atoms with van der Waals surface area (Å²) in [5.41, 5.74) is 4.82. The molecule has 0 unspecified atom stereocenters. The molecule has 0 spiro atoms. The summed E-state index contributed by atoms with van der Waals surface area (Å²) >= 11 is 0. The van der Waals surface area contributed by atoms with Crippen LogP contribution in [0, 0.1) is 13.8 Å². The van der Waals surface area contributed by atoms with Gasteiger partial charge in [-0.1, -0.05) is 37.4 Å². The third-order valence-corrected chi connectivity index (χ3v) is 10.5. The Labute approximate surface area is 149 Å². The molecule has 0 radical (unpaired) electrons. The van der Waals surface area contributed by atoms with Gasteiger partial charge in [0.1, 0.15) is 7.85 Å². The van der Waals surface area contributed by atoms with Crippen molar-refractivity contribution in [3.05, 3.63) is 23.3 Å². The molecule has 1 aliphatic heterocycles. The maximum atomic E-state index is 12.5. The van der Waals surface area contributed by atoms with Crippen LogP contribution >= 0.6 is 0 Å². The fraction of sp³-hybridized carbons (Fsp3) is 0.632. The first kappa shape index (κ1) is 19.3. The van der Waals surface area contributed by atoms with Gasteiger partial charge in [0.05, 0.1) is 12.6 Å². The smallest absolute Gasteiger partial charge is 0.227 e. The van der Waals surface area contributed by atoms with Crippen molar-refractivity contribution in [3.63, 3.8) is 0 Å². The van der Waals surface area contributed by atoms with Gasteiger partial charge in [-0.15, -0.1) is 0 Å². The maximum absolute atomic E-state index is 12.5. The molecule has 0 aliphatic carbocycles. The number of carbonyl (C=O) groups excluding carboxylic acids is 1. The van der Waals surface area contributed by atoms with Gasteiger partial charge in [0, 0.05) is 12.1 Å². The number of nitrogens with zero attached hydrogens (tertiary/aromatic N) is 1. The van der Waals surface area contributed by atoms with Gasteiger partial charge in [0.2, 0.25) is 5.91 Å². The number of hydrogen-bond acceptors (Lipinski definition) is 2. The van der Waals surface area contributed by atoms with E-state index in [2.05, 4.69) is 67.7 Å². The standard InChI is InChI=1S/C19H32BNO2Si/c1-13-10-16(11-14(2)18(13)20)21-15(8-9-17(21)22)12-23-24(6,7)19(3,4)5/h10-11,15H,8-9,12,20H2,1-7H3/t15-/m1/s1. The number of hydrogen-bond donors (Lipinski definition) is 0. The Morgan fingerprint density at radius 1 is 1.25 bits per heavy atom. The third kappa shape index (κ3) is 3.78. The molecule has 0 bridgehead atoms. The highest BCUT2D eigenvalue weighted by Gasteiger charge is 2.40. The molecule has 132 valence electrons. The second-order valence-electron chi connectivity index (χ2n) is 8.73. The van der Waals surface area contributed by atoms with E-state index in [9.17, 15) is 4.79 Å². The van der Waals surface area contributed by atoms with E-state index in [0.717, 1.165) is 12.1 Å². The van der Waals surface area contributed by atoms with E-state index in [-0.39, 0.29) is 17.0 Å². The molecule has 1 atom stereocenters. The van der Waals surface area contributed by atoms with E-state index in [1.807, 2.05) is 4.90 Å². The molecule has 2 rings (SSSR count). The number of aryl methyl sites for hydroxylation is 2. The number of anilines is 1. The van der Waals surface area contributed by atoms with E-state index >= 15 is 0 Å². The van der Waals surface area contributed by atoms with E-state index in [1.165, 1.54) is 16.6 Å². The summed E-state index contributed by atoms with van der Waals surface area (Å²) in [4.78, 5) is 14.5. The zero-order valence-corrected chi connectivity index (χ0v) is 17.6. The highest BCUT2D eigenvalue weighted by atomic mass is 28.4. The van der Waals surface area contributed by atoms with Crippen molar-refractivity contribution in [2.75, 3.05) is 11.5 Å². The molecule has 1 aromatic carbocycles. The molecular weight excluding hydrogens is 313 g/mol. The number of amides is 1. The minimum Gasteiger partial charge on any atom is -0.415 e. The largest absolute Gasteiger partial charge is 0.415 e. The molecule has 1 saturated heterocycles. The van der Waals surface area contributed by atoms with Gasteiger partial charge in [-0.05, 0) is 50.5 Å². The molecule has 24 heavy (non-hydrogen) atoms. The minimum atomic E-state index is -1.79. The zero-order valence-electron chi connectivity index (χ0n) is 16.6. The van der Waals surface area contributed by atoms with Crippen molar-refractivity contribution in [1.82, 2.24) is 0 Å². The fourth-order valence-corrected chi connectivity index (χ4v) is 3.97. The van der Waals surface area contributed by atoms with Crippen molar-refractivity contribution in [3.8, 4) is 0 Å². The zero-order chi connectivity index (χ0) is 18.3. The van der Waals surface area contributed by atoms with Crippen molar-refractivity contribution in [1.29, 1.82) is 0 Å². The Hall–Kier alpha value is -1.07. The SMILES string of the molecule is Bc1c(C)cc(N2C(=O)CC[C@@H]2CO[Si](C)(C)C(C)(C)C)cc1C. The summed E-state index contributed by atoms with van der Waals surface area (Å²) in [7, 11) is 0.343. The van der Waals surface area contributed by atoms with Crippen molar-refractivity contribution < 1.29 is 9.22 Å². The summed E-state index contributed by atoms with van der Waals surface area (Å²) in [5.74, 6) is 0.224. The molecule has 1 aliphatic rings. The van der Waals surface area contributed by atoms with E-state index in [1.54, 1.807) is 0 Å². The second kappa shape index (κ2) is 6.68. The van der Waals surface area contributed by atoms with Crippen LogP contribution in [0.4, 0.5) is 5.69 Å². The average molecular weight is 345 g/mol. The second-order valence-corrected chi connectivity index (χ2v) is 13.5. The maximum Gasteiger partial charge on any atom is 0.227 e. The minimum absolute atomic E-state index is 0.160. The molecule has 1 heterocycles. The molecule has 0 N–H and O–H groups in total. The molecule has 1 aromatic rings. The number of carbonyl (C=O) groups is 1. The van der Waals surface area contributed by atoms with Crippen LogP contribution in [-0.4, -0.2) is 34.7 Å². The molecular formula is C19H32BNO2Si. The molecule has 1 fully saturated rings. The predicted molar refractivity (Wildman–Crippen MR) is 108 cm³/mol. The summed E-state index contributed by atoms with van der Waals surface area (Å²) in [6, 6.07) is 4.45. The Morgan fingerprint density at radius 3 is 2.29 bits per heavy atom. The monoisotopic (exact) mass is 345 g/mol. The average Bonchev–Trinajstić information content (AvgIpc) is 2.82. The van der Waals surface area contributed by atoms with Crippen LogP contribution in [0.1, 0.15) is 44.7 Å². The molecule has 3 nitrogen and oxygen atoms in total. The van der Waals surface area contributed by atoms with Crippen LogP contribution in [0.3, 0.4) is 0 Å². The summed E-state index contributed by atoms with van der Waals surface area (Å²) < 4.78 is 6.41. The van der Waals surface area contributed by atoms with E-state index < -0.39 is 8.32 Å². The van der Waals surface area contributed by atoms with Gasteiger partial charge in [-0.25, -0.2) is 0 Å². The van der Waals surface area contributed by atoms with E-state index in [4.69, 9.17) is 4.43 Å². The van der Waals surface area contributed by atoms with Crippen LogP contribution in [-0.2, 0) is 9.22 Å². The summed E-state index contributed by atoms with van der Waals surface area (Å²) in [6.07, 6.45) is 1.51. The number of rotatable bonds is 4. The van der Waals surface area contributed by atoms with Crippen LogP contribution < -0.4 is 10.4 Å². The molecule has 5 heteroatoms. The topological polar surface area (TPSA) is 29.5 Å². The van der Waals surface area contributed by atoms with Gasteiger partial charge in [0.15, 0.2) is 8.32 Å². The van der Waals surface area contributed by atoms with E-state index in [0.29, 0.717) is 13.0 Å². The highest BCUT2D eigenvalue weighted by molar-refractivity contribution is 6.74. The summed E-state index contributed by atoms with van der Waals surface area (Å²) in [6.45, 7) is 16.2. The van der Waals surface area contributed by atoms with Crippen LogP contribution in [0.5, 0.6) is 0 Å². The van der Waals surface area contributed by atoms with Crippen LogP contribution in [0.15, 0.2) is 12.1 Å². The van der Waals surface area contributed by atoms with Gasteiger partial charge >= 0.3 is 0 Å². The van der Waals surface area contributed by atoms with Crippen molar-refractivity contribution in [2.45, 2.75) is 71.6 Å². The molecule has 1 amide bonds. The highest BCUT2D eigenvalue weighted by Crippen LogP contribution is 2.37. The Morgan fingerprint density at radius 2 is 1.79 bits per heavy atom. The fourth-order valence-electron chi connectivity index (χ4n) is 2.93. The predicted octanol–water partition coefficient (Wildman–Crippen LogP) is 3.08. The number of benzene rings is 1. The lowest BCUT2D eigenvalue weighted by Crippen LogP contribution is -2.45. The van der Waals surface area contributed by atoms with Crippen molar-refractivity contribution >= 4 is 33.2 Å². The van der Waals surface area contributed by atoms with Gasteiger partial charge in [-0.3, -0.25) is 4.79 Å². The summed E-state index contributed by atoms with van der Waals surface area (Å²) in [5, 5.41) is 0.192. The lowest BCUT2D eigenvalue weighted by Gasteiger charge is -2.38.